The maximum atomic E-state index is 12.8. The predicted octanol–water partition coefficient (Wildman–Crippen LogP) is 2.81. The molecule has 1 amide bonds. The van der Waals surface area contributed by atoms with E-state index in [-0.39, 0.29) is 11.3 Å². The fraction of sp³-hybridized carbons (Fsp3) is 0.714. The number of anilines is 1. The van der Waals surface area contributed by atoms with Crippen molar-refractivity contribution < 1.29 is 19.0 Å². The molecule has 0 spiro atoms. The number of ether oxygens (including phenoxy) is 3. The first-order valence-corrected chi connectivity index (χ1v) is 10.1. The number of aromatic nitrogens is 1. The van der Waals surface area contributed by atoms with E-state index in [0.717, 1.165) is 37.3 Å². The Kier molecular flexibility index (Phi) is 8.51. The zero-order valence-corrected chi connectivity index (χ0v) is 18.0. The SMILES string of the molecule is COCCOc1nc(N2CCOCC2)cc(C)c1C(=O)NCCCC(C)(C)C. The van der Waals surface area contributed by atoms with Crippen molar-refractivity contribution in [2.45, 2.75) is 40.5 Å². The maximum Gasteiger partial charge on any atom is 0.257 e. The number of rotatable bonds is 9. The molecular weight excluding hydrogens is 358 g/mol. The highest BCUT2D eigenvalue weighted by atomic mass is 16.5. The fourth-order valence-corrected chi connectivity index (χ4v) is 3.09. The molecule has 0 radical (unpaired) electrons. The highest BCUT2D eigenvalue weighted by Crippen LogP contribution is 2.26. The van der Waals surface area contributed by atoms with E-state index in [1.54, 1.807) is 7.11 Å². The number of nitrogens with zero attached hydrogens (tertiary/aromatic N) is 2. The third-order valence-electron chi connectivity index (χ3n) is 4.65. The zero-order chi connectivity index (χ0) is 20.6. The van der Waals surface area contributed by atoms with Crippen LogP contribution in [-0.4, -0.2) is 64.1 Å². The lowest BCUT2D eigenvalue weighted by Crippen LogP contribution is -2.37. The van der Waals surface area contributed by atoms with Crippen LogP contribution in [0.1, 0.15) is 49.5 Å². The van der Waals surface area contributed by atoms with Crippen LogP contribution in [-0.2, 0) is 9.47 Å². The standard InChI is InChI=1S/C21H35N3O4/c1-16-15-17(24-9-11-27-12-10-24)23-20(28-14-13-26-5)18(16)19(25)22-8-6-7-21(2,3)4/h15H,6-14H2,1-5H3,(H,22,25). The number of aryl methyl sites for hydroxylation is 1. The zero-order valence-electron chi connectivity index (χ0n) is 18.0. The molecule has 7 nitrogen and oxygen atoms in total. The van der Waals surface area contributed by atoms with Gasteiger partial charge in [0.1, 0.15) is 18.0 Å². The molecule has 7 heteroatoms. The number of methoxy groups -OCH3 is 1. The van der Waals surface area contributed by atoms with Gasteiger partial charge in [0.15, 0.2) is 0 Å². The van der Waals surface area contributed by atoms with Crippen molar-refractivity contribution in [2.24, 2.45) is 5.41 Å². The number of nitrogens with one attached hydrogen (secondary N) is 1. The summed E-state index contributed by atoms with van der Waals surface area (Å²) in [5, 5.41) is 3.02. The smallest absolute Gasteiger partial charge is 0.257 e. The van der Waals surface area contributed by atoms with E-state index < -0.39 is 0 Å². The number of amides is 1. The Morgan fingerprint density at radius 1 is 1.29 bits per heavy atom. The van der Waals surface area contributed by atoms with Gasteiger partial charge in [0, 0.05) is 26.7 Å². The molecule has 0 bridgehead atoms. The number of hydrogen-bond donors (Lipinski definition) is 1. The summed E-state index contributed by atoms with van der Waals surface area (Å²) in [5.41, 5.74) is 1.62. The van der Waals surface area contributed by atoms with E-state index in [4.69, 9.17) is 14.2 Å². The first kappa shape index (κ1) is 22.4. The minimum absolute atomic E-state index is 0.139. The van der Waals surface area contributed by atoms with Crippen LogP contribution < -0.4 is 15.0 Å². The molecule has 158 valence electrons. The van der Waals surface area contributed by atoms with Crippen LogP contribution in [0.5, 0.6) is 5.88 Å². The summed E-state index contributed by atoms with van der Waals surface area (Å²) in [6, 6.07) is 1.96. The van der Waals surface area contributed by atoms with Gasteiger partial charge in [0.25, 0.3) is 5.91 Å². The number of carbonyl (C=O) groups is 1. The summed E-state index contributed by atoms with van der Waals surface area (Å²) in [5.74, 6) is 1.05. The molecule has 0 atom stereocenters. The molecule has 1 aliphatic rings. The van der Waals surface area contributed by atoms with Gasteiger partial charge in [0.05, 0.1) is 19.8 Å². The summed E-state index contributed by atoms with van der Waals surface area (Å²) in [7, 11) is 1.62. The molecule has 1 aromatic rings. The van der Waals surface area contributed by atoms with Crippen molar-refractivity contribution in [3.05, 3.63) is 17.2 Å². The van der Waals surface area contributed by atoms with E-state index in [0.29, 0.717) is 44.4 Å². The quantitative estimate of drug-likeness (QED) is 0.651. The Balaban J connectivity index is 2.14. The van der Waals surface area contributed by atoms with Crippen molar-refractivity contribution in [3.63, 3.8) is 0 Å². The molecule has 1 N–H and O–H groups in total. The van der Waals surface area contributed by atoms with Crippen LogP contribution in [0.25, 0.3) is 0 Å². The molecule has 0 aliphatic carbocycles. The minimum atomic E-state index is -0.139. The summed E-state index contributed by atoms with van der Waals surface area (Å²) in [4.78, 5) is 19.6. The van der Waals surface area contributed by atoms with Gasteiger partial charge in [-0.3, -0.25) is 4.79 Å². The topological polar surface area (TPSA) is 72.9 Å². The van der Waals surface area contributed by atoms with E-state index in [9.17, 15) is 4.79 Å². The molecule has 2 rings (SSSR count). The van der Waals surface area contributed by atoms with Gasteiger partial charge in [0.2, 0.25) is 5.88 Å². The summed E-state index contributed by atoms with van der Waals surface area (Å²) in [6.07, 6.45) is 1.99. The summed E-state index contributed by atoms with van der Waals surface area (Å²) in [6.45, 7) is 12.9. The van der Waals surface area contributed by atoms with Crippen molar-refractivity contribution in [2.75, 3.05) is 58.1 Å². The Hall–Kier alpha value is -1.86. The molecule has 0 aromatic carbocycles. The molecule has 28 heavy (non-hydrogen) atoms. The summed E-state index contributed by atoms with van der Waals surface area (Å²) < 4.78 is 16.3. The van der Waals surface area contributed by atoms with Gasteiger partial charge in [-0.1, -0.05) is 20.8 Å². The van der Waals surface area contributed by atoms with Crippen LogP contribution >= 0.6 is 0 Å². The van der Waals surface area contributed by atoms with E-state index in [1.807, 2.05) is 13.0 Å². The van der Waals surface area contributed by atoms with Crippen molar-refractivity contribution in [3.8, 4) is 5.88 Å². The minimum Gasteiger partial charge on any atom is -0.475 e. The van der Waals surface area contributed by atoms with Gasteiger partial charge >= 0.3 is 0 Å². The summed E-state index contributed by atoms with van der Waals surface area (Å²) >= 11 is 0. The van der Waals surface area contributed by atoms with Crippen LogP contribution in [0.15, 0.2) is 6.07 Å². The van der Waals surface area contributed by atoms with Crippen molar-refractivity contribution >= 4 is 11.7 Å². The number of hydrogen-bond acceptors (Lipinski definition) is 6. The Morgan fingerprint density at radius 3 is 2.64 bits per heavy atom. The van der Waals surface area contributed by atoms with E-state index in [1.165, 1.54) is 0 Å². The number of carbonyl (C=O) groups excluding carboxylic acids is 1. The van der Waals surface area contributed by atoms with Crippen LogP contribution in [0.2, 0.25) is 0 Å². The van der Waals surface area contributed by atoms with Gasteiger partial charge < -0.3 is 24.4 Å². The van der Waals surface area contributed by atoms with Gasteiger partial charge in [-0.15, -0.1) is 0 Å². The van der Waals surface area contributed by atoms with Crippen molar-refractivity contribution in [1.29, 1.82) is 0 Å². The second kappa shape index (κ2) is 10.6. The van der Waals surface area contributed by atoms with Crippen LogP contribution in [0, 0.1) is 12.3 Å². The monoisotopic (exact) mass is 393 g/mol. The van der Waals surface area contributed by atoms with Crippen LogP contribution in [0.3, 0.4) is 0 Å². The van der Waals surface area contributed by atoms with Gasteiger partial charge in [-0.25, -0.2) is 0 Å². The second-order valence-electron chi connectivity index (χ2n) is 8.34. The Bertz CT molecular complexity index is 637. The maximum absolute atomic E-state index is 12.8. The van der Waals surface area contributed by atoms with Crippen molar-refractivity contribution in [1.82, 2.24) is 10.3 Å². The molecule has 1 aromatic heterocycles. The third-order valence-corrected chi connectivity index (χ3v) is 4.65. The molecule has 1 fully saturated rings. The highest BCUT2D eigenvalue weighted by molar-refractivity contribution is 5.98. The third kappa shape index (κ3) is 6.95. The largest absolute Gasteiger partial charge is 0.475 e. The van der Waals surface area contributed by atoms with Gasteiger partial charge in [-0.2, -0.15) is 4.98 Å². The predicted molar refractivity (Wildman–Crippen MR) is 110 cm³/mol. The Morgan fingerprint density at radius 2 is 2.00 bits per heavy atom. The van der Waals surface area contributed by atoms with E-state index in [2.05, 4.69) is 36.0 Å². The molecular formula is C21H35N3O4. The molecule has 2 heterocycles. The van der Waals surface area contributed by atoms with E-state index >= 15 is 0 Å². The lowest BCUT2D eigenvalue weighted by Gasteiger charge is -2.28. The van der Waals surface area contributed by atoms with Gasteiger partial charge in [-0.05, 0) is 36.8 Å². The highest BCUT2D eigenvalue weighted by Gasteiger charge is 2.22. The average Bonchev–Trinajstić information content (AvgIpc) is 2.65. The van der Waals surface area contributed by atoms with Crippen LogP contribution in [0.4, 0.5) is 5.82 Å². The fourth-order valence-electron chi connectivity index (χ4n) is 3.09. The average molecular weight is 394 g/mol. The lowest BCUT2D eigenvalue weighted by atomic mass is 9.91. The first-order valence-electron chi connectivity index (χ1n) is 10.1. The molecule has 0 saturated carbocycles. The normalized spacial score (nSPS) is 14.8. The second-order valence-corrected chi connectivity index (χ2v) is 8.34. The molecule has 0 unspecified atom stereocenters. The first-order chi connectivity index (χ1) is 13.3. The number of pyridine rings is 1. The molecule has 1 aliphatic heterocycles. The molecule has 1 saturated heterocycles. The lowest BCUT2D eigenvalue weighted by molar-refractivity contribution is 0.0941. The number of morpholine rings is 1. The Labute approximate surface area is 168 Å².